The van der Waals surface area contributed by atoms with Crippen LogP contribution >= 0.6 is 27.2 Å². The summed E-state index contributed by atoms with van der Waals surface area (Å²) in [5.74, 6) is 0.391. The monoisotopic (exact) mass is 405 g/mol. The van der Waals surface area contributed by atoms with Crippen LogP contribution in [0.2, 0.25) is 0 Å². The maximum atomic E-state index is 10.1. The molecule has 0 aliphatic heterocycles. The van der Waals surface area contributed by atoms with Gasteiger partial charge in [-0.1, -0.05) is 32.3 Å². The van der Waals surface area contributed by atoms with Gasteiger partial charge in [-0.05, 0) is 44.5 Å². The molecule has 23 heavy (non-hydrogen) atoms. The second-order valence-corrected chi connectivity index (χ2v) is 9.07. The molecule has 0 amide bonds. The summed E-state index contributed by atoms with van der Waals surface area (Å²) in [5.41, 5.74) is 3.72. The van der Waals surface area contributed by atoms with Crippen LogP contribution in [0.4, 0.5) is 5.69 Å². The van der Waals surface area contributed by atoms with E-state index in [-0.39, 0.29) is 0 Å². The van der Waals surface area contributed by atoms with Gasteiger partial charge in [0.15, 0.2) is 0 Å². The Kier molecular flexibility index (Phi) is 9.58. The van der Waals surface area contributed by atoms with Gasteiger partial charge in [0.2, 0.25) is 0 Å². The Morgan fingerprint density at radius 2 is 1.83 bits per heavy atom. The molecule has 2 aromatic rings. The molecule has 0 fully saturated rings. The Bertz CT molecular complexity index is 640. The van der Waals surface area contributed by atoms with Crippen molar-refractivity contribution in [3.8, 4) is 5.75 Å². The van der Waals surface area contributed by atoms with Crippen LogP contribution in [0.5, 0.6) is 5.75 Å². The average molecular weight is 406 g/mol. The van der Waals surface area contributed by atoms with E-state index < -0.39 is 17.0 Å². The van der Waals surface area contributed by atoms with Gasteiger partial charge in [0.05, 0.1) is 0 Å². The third-order valence-electron chi connectivity index (χ3n) is 3.55. The number of benzene rings is 2. The van der Waals surface area contributed by atoms with Gasteiger partial charge in [-0.15, -0.1) is 0 Å². The Hall–Kier alpha value is -0.236. The number of aryl methyl sites for hydroxylation is 2. The maximum absolute atomic E-state index is 10.1. The molecule has 0 radical (unpaired) electrons. The van der Waals surface area contributed by atoms with Crippen molar-refractivity contribution >= 4 is 43.5 Å². The third kappa shape index (κ3) is 6.29. The molecule has 1 atom stereocenters. The van der Waals surface area contributed by atoms with E-state index in [0.717, 1.165) is 11.8 Å². The summed E-state index contributed by atoms with van der Waals surface area (Å²) in [6, 6.07) is 12.2. The van der Waals surface area contributed by atoms with E-state index >= 15 is 0 Å². The molecule has 2 nitrogen and oxygen atoms in total. The number of aromatic hydroxyl groups is 1. The number of phenolic OH excluding ortho intramolecular Hbond substituents is 1. The van der Waals surface area contributed by atoms with Gasteiger partial charge in [-0.2, -0.15) is 0 Å². The van der Waals surface area contributed by atoms with E-state index in [9.17, 15) is 5.11 Å². The topological polar surface area (TPSA) is 23.5 Å². The Morgan fingerprint density at radius 1 is 1.17 bits per heavy atom. The summed E-state index contributed by atoms with van der Waals surface area (Å²) in [7, 11) is 12.4. The van der Waals surface area contributed by atoms with Gasteiger partial charge >= 0.3 is 35.6 Å². The van der Waals surface area contributed by atoms with Crippen LogP contribution in [0.1, 0.15) is 18.1 Å². The van der Waals surface area contributed by atoms with Crippen molar-refractivity contribution in [2.75, 3.05) is 18.5 Å². The molecule has 0 saturated heterocycles. The molecule has 0 spiro atoms. The van der Waals surface area contributed by atoms with Gasteiger partial charge < -0.3 is 10.0 Å². The SMILES string of the molecule is CCN(C)c1cccc(C)c1Pc1cc(C)ccc1O.[Cl][Ti][Cl]. The molecular weight excluding hydrogens is 384 g/mol. The summed E-state index contributed by atoms with van der Waals surface area (Å²) in [5, 5.41) is 12.4. The number of hydrogen-bond acceptors (Lipinski definition) is 2. The number of hydrogen-bond donors (Lipinski definition) is 1. The predicted octanol–water partition coefficient (Wildman–Crippen LogP) is 4.47. The summed E-state index contributed by atoms with van der Waals surface area (Å²) in [6.45, 7) is 7.33. The second kappa shape index (κ2) is 10.6. The number of phenols is 1. The van der Waals surface area contributed by atoms with Crippen molar-refractivity contribution in [1.82, 2.24) is 0 Å². The van der Waals surface area contributed by atoms with Crippen LogP contribution in [0.3, 0.4) is 0 Å². The predicted molar refractivity (Wildman–Crippen MR) is 102 cm³/mol. The fourth-order valence-corrected chi connectivity index (χ4v) is 3.65. The zero-order valence-electron chi connectivity index (χ0n) is 13.8. The molecule has 0 aromatic heterocycles. The quantitative estimate of drug-likeness (QED) is 0.599. The van der Waals surface area contributed by atoms with Crippen molar-refractivity contribution < 1.29 is 22.1 Å². The summed E-state index contributed by atoms with van der Waals surface area (Å²) in [4.78, 5) is 2.25. The van der Waals surface area contributed by atoms with Crippen LogP contribution < -0.4 is 15.5 Å². The van der Waals surface area contributed by atoms with Gasteiger partial charge in [-0.3, -0.25) is 0 Å². The second-order valence-electron chi connectivity index (χ2n) is 5.20. The first-order valence-electron chi connectivity index (χ1n) is 7.28. The van der Waals surface area contributed by atoms with Crippen LogP contribution in [0.25, 0.3) is 0 Å². The van der Waals surface area contributed by atoms with Gasteiger partial charge in [0.1, 0.15) is 5.75 Å². The van der Waals surface area contributed by atoms with Gasteiger partial charge in [-0.25, -0.2) is 0 Å². The van der Waals surface area contributed by atoms with Crippen molar-refractivity contribution in [2.24, 2.45) is 0 Å². The molecule has 0 bridgehead atoms. The number of halogens is 2. The molecule has 0 saturated carbocycles. The van der Waals surface area contributed by atoms with Crippen LogP contribution in [-0.4, -0.2) is 18.7 Å². The third-order valence-corrected chi connectivity index (χ3v) is 5.12. The van der Waals surface area contributed by atoms with Crippen LogP contribution in [0, 0.1) is 13.8 Å². The minimum absolute atomic E-state index is 0.391. The molecule has 1 N–H and O–H groups in total. The van der Waals surface area contributed by atoms with E-state index in [4.69, 9.17) is 18.6 Å². The van der Waals surface area contributed by atoms with Crippen molar-refractivity contribution in [1.29, 1.82) is 0 Å². The standard InChI is InChI=1S/C17H22NOP.2ClH.Ti/c1-5-18(4)14-8-6-7-13(3)17(14)20-16-11-12(2)9-10-15(16)19;;;/h6-11,19-20H,5H2,1-4H3;2*1H;/q;;;+2/p-2. The van der Waals surface area contributed by atoms with E-state index in [0.29, 0.717) is 14.3 Å². The molecule has 0 aliphatic rings. The summed E-state index contributed by atoms with van der Waals surface area (Å²) < 4.78 is 0. The first kappa shape index (κ1) is 20.8. The van der Waals surface area contributed by atoms with Gasteiger partial charge in [0, 0.05) is 29.9 Å². The molecule has 1 unspecified atom stereocenters. The average Bonchev–Trinajstić information content (AvgIpc) is 2.52. The normalized spacial score (nSPS) is 10.3. The Balaban J connectivity index is 0.000000816. The van der Waals surface area contributed by atoms with E-state index in [2.05, 4.69) is 57.0 Å². The summed E-state index contributed by atoms with van der Waals surface area (Å²) in [6.07, 6.45) is 0. The molecule has 124 valence electrons. The zero-order valence-corrected chi connectivity index (χ0v) is 17.9. The number of nitrogens with zero attached hydrogens (tertiary/aromatic N) is 1. The fourth-order valence-electron chi connectivity index (χ4n) is 2.19. The zero-order chi connectivity index (χ0) is 17.4. The minimum atomic E-state index is -0.556. The van der Waals surface area contributed by atoms with Crippen molar-refractivity contribution in [3.63, 3.8) is 0 Å². The van der Waals surface area contributed by atoms with E-state index in [1.54, 1.807) is 6.07 Å². The van der Waals surface area contributed by atoms with Crippen molar-refractivity contribution in [3.05, 3.63) is 47.5 Å². The molecule has 0 aliphatic carbocycles. The molecule has 2 aromatic carbocycles. The van der Waals surface area contributed by atoms with Crippen molar-refractivity contribution in [2.45, 2.75) is 20.8 Å². The Labute approximate surface area is 157 Å². The number of anilines is 1. The Morgan fingerprint density at radius 3 is 2.43 bits per heavy atom. The van der Waals surface area contributed by atoms with E-state index in [1.807, 2.05) is 6.07 Å². The van der Waals surface area contributed by atoms with Crippen LogP contribution in [-0.2, 0) is 17.0 Å². The molecule has 2 rings (SSSR count). The fraction of sp³-hybridized carbons (Fsp3) is 0.294. The van der Waals surface area contributed by atoms with Crippen LogP contribution in [0.15, 0.2) is 36.4 Å². The van der Waals surface area contributed by atoms with E-state index in [1.165, 1.54) is 22.1 Å². The summed E-state index contributed by atoms with van der Waals surface area (Å²) >= 11 is -0.556. The molecular formula is C17H22Cl2NOPTi. The molecule has 0 heterocycles. The first-order valence-corrected chi connectivity index (χ1v) is 12.6. The first-order chi connectivity index (χ1) is 10.9. The number of rotatable bonds is 4. The molecule has 6 heteroatoms. The van der Waals surface area contributed by atoms with Gasteiger partial charge in [0.25, 0.3) is 0 Å².